The van der Waals surface area contributed by atoms with E-state index >= 15 is 0 Å². The van der Waals surface area contributed by atoms with E-state index in [2.05, 4.69) is 26.6 Å². The van der Waals surface area contributed by atoms with Gasteiger partial charge in [0.25, 0.3) is 5.56 Å². The second-order valence-electron chi connectivity index (χ2n) is 12.0. The summed E-state index contributed by atoms with van der Waals surface area (Å²) in [5, 5.41) is 0. The molecule has 1 aromatic heterocycles. The third-order valence-corrected chi connectivity index (χ3v) is 8.90. The van der Waals surface area contributed by atoms with Crippen molar-refractivity contribution in [2.75, 3.05) is 6.61 Å². The third-order valence-electron chi connectivity index (χ3n) is 7.19. The Balaban J connectivity index is 1.48. The van der Waals surface area contributed by atoms with Crippen LogP contribution in [-0.4, -0.2) is 31.3 Å². The molecule has 4 rings (SSSR count). The van der Waals surface area contributed by atoms with Crippen molar-refractivity contribution in [3.63, 3.8) is 0 Å². The van der Waals surface area contributed by atoms with Crippen LogP contribution >= 0.6 is 0 Å². The van der Waals surface area contributed by atoms with E-state index in [4.69, 9.17) is 14.3 Å². The number of pyridine rings is 1. The Hall–Kier alpha value is -4.43. The molecule has 0 saturated carbocycles. The van der Waals surface area contributed by atoms with Crippen molar-refractivity contribution in [3.05, 3.63) is 129 Å². The van der Waals surface area contributed by atoms with Gasteiger partial charge in [-0.05, 0) is 59.3 Å². The molecule has 0 saturated heterocycles. The fraction of sp³-hybridized carbons (Fsp3) is 0.306. The average molecular weight is 612 g/mol. The molecule has 0 fully saturated rings. The number of rotatable bonds is 14. The number of carbonyl (C=O) groups excluding carboxylic acids is 2. The zero-order valence-electron chi connectivity index (χ0n) is 26.0. The number of carbonyl (C=O) groups is 2. The summed E-state index contributed by atoms with van der Waals surface area (Å²) in [7, 11) is -1.31. The zero-order valence-corrected chi connectivity index (χ0v) is 27.0. The predicted molar refractivity (Wildman–Crippen MR) is 175 cm³/mol. The summed E-state index contributed by atoms with van der Waals surface area (Å²) in [6.07, 6.45) is 2.45. The Labute approximate surface area is 260 Å². The summed E-state index contributed by atoms with van der Waals surface area (Å²) < 4.78 is 12.2. The topological polar surface area (TPSA) is 83.8 Å². The van der Waals surface area contributed by atoms with E-state index in [-0.39, 0.29) is 24.7 Å². The van der Waals surface area contributed by atoms with Crippen LogP contribution in [0.2, 0.25) is 25.7 Å². The minimum absolute atomic E-state index is 0.0726. The highest BCUT2D eigenvalue weighted by Gasteiger charge is 2.19. The number of aryl methyl sites for hydroxylation is 1. The molecule has 1 heterocycles. The smallest absolute Gasteiger partial charge is 0.344 e. The molecule has 0 aliphatic heterocycles. The molecule has 0 aliphatic carbocycles. The van der Waals surface area contributed by atoms with E-state index in [1.54, 1.807) is 12.1 Å². The van der Waals surface area contributed by atoms with Crippen LogP contribution in [0.15, 0.2) is 95.8 Å². The van der Waals surface area contributed by atoms with Crippen LogP contribution in [0.3, 0.4) is 0 Å². The number of benzene rings is 3. The van der Waals surface area contributed by atoms with Gasteiger partial charge in [-0.15, -0.1) is 4.73 Å². The van der Waals surface area contributed by atoms with E-state index in [1.165, 1.54) is 10.8 Å². The van der Waals surface area contributed by atoms with Crippen molar-refractivity contribution in [3.8, 4) is 11.1 Å². The molecule has 0 atom stereocenters. The number of hydrogen-bond donors (Lipinski definition) is 0. The largest absolute Gasteiger partial charge is 0.462 e. The van der Waals surface area contributed by atoms with Gasteiger partial charge in [0, 0.05) is 8.07 Å². The maximum atomic E-state index is 13.4. The first-order chi connectivity index (χ1) is 21.2. The molecule has 230 valence electrons. The SMILES string of the molecule is CCCCc1ccc(C(=O)OCc2ccccc2)c(=O)n1OCc1ccc(-c2ccccc2C(=O)OCC[Si](C)(C)C)cc1. The third kappa shape index (κ3) is 9.03. The van der Waals surface area contributed by atoms with Crippen LogP contribution in [0.1, 0.15) is 57.3 Å². The number of aromatic nitrogens is 1. The highest BCUT2D eigenvalue weighted by Crippen LogP contribution is 2.25. The van der Waals surface area contributed by atoms with Gasteiger partial charge in [0.05, 0.1) is 17.9 Å². The van der Waals surface area contributed by atoms with Gasteiger partial charge in [-0.3, -0.25) is 4.79 Å². The van der Waals surface area contributed by atoms with E-state index in [0.29, 0.717) is 24.3 Å². The van der Waals surface area contributed by atoms with E-state index in [9.17, 15) is 14.4 Å². The molecule has 8 heteroatoms. The molecule has 4 aromatic rings. The first kappa shape index (κ1) is 32.5. The number of esters is 2. The number of unbranched alkanes of at least 4 members (excludes halogenated alkanes) is 1. The first-order valence-corrected chi connectivity index (χ1v) is 18.8. The van der Waals surface area contributed by atoms with Crippen LogP contribution < -0.4 is 10.4 Å². The summed E-state index contributed by atoms with van der Waals surface area (Å²) in [5.41, 5.74) is 3.91. The molecule has 0 amide bonds. The van der Waals surface area contributed by atoms with Crippen LogP contribution in [-0.2, 0) is 29.1 Å². The summed E-state index contributed by atoms with van der Waals surface area (Å²) in [6, 6.07) is 28.6. The van der Waals surface area contributed by atoms with Crippen molar-refractivity contribution >= 4 is 20.0 Å². The van der Waals surface area contributed by atoms with Gasteiger partial charge in [0.1, 0.15) is 18.8 Å². The average Bonchev–Trinajstić information content (AvgIpc) is 3.02. The summed E-state index contributed by atoms with van der Waals surface area (Å²) >= 11 is 0. The van der Waals surface area contributed by atoms with E-state index in [1.807, 2.05) is 72.8 Å². The lowest BCUT2D eigenvalue weighted by Crippen LogP contribution is -2.34. The molecule has 3 aromatic carbocycles. The Bertz CT molecular complexity index is 1610. The van der Waals surface area contributed by atoms with Gasteiger partial charge in [0.2, 0.25) is 0 Å². The molecular formula is C36H41NO6Si. The molecule has 0 radical (unpaired) electrons. The Kier molecular flexibility index (Phi) is 11.3. The van der Waals surface area contributed by atoms with Crippen LogP contribution in [0.25, 0.3) is 11.1 Å². The van der Waals surface area contributed by atoms with Crippen LogP contribution in [0.4, 0.5) is 0 Å². The molecular weight excluding hydrogens is 570 g/mol. The maximum Gasteiger partial charge on any atom is 0.344 e. The molecule has 0 unspecified atom stereocenters. The Morgan fingerprint density at radius 1 is 0.727 bits per heavy atom. The van der Waals surface area contributed by atoms with Gasteiger partial charge in [-0.1, -0.05) is 106 Å². The van der Waals surface area contributed by atoms with Crippen molar-refractivity contribution in [2.45, 2.75) is 65.1 Å². The number of hydrogen-bond acceptors (Lipinski definition) is 6. The van der Waals surface area contributed by atoms with Gasteiger partial charge >= 0.3 is 11.9 Å². The lowest BCUT2D eigenvalue weighted by molar-refractivity contribution is 0.0452. The highest BCUT2D eigenvalue weighted by molar-refractivity contribution is 6.76. The maximum absolute atomic E-state index is 13.4. The van der Waals surface area contributed by atoms with Gasteiger partial charge in [-0.25, -0.2) is 9.59 Å². The Morgan fingerprint density at radius 3 is 2.09 bits per heavy atom. The monoisotopic (exact) mass is 611 g/mol. The predicted octanol–water partition coefficient (Wildman–Crippen LogP) is 7.34. The molecule has 0 bridgehead atoms. The highest BCUT2D eigenvalue weighted by atomic mass is 28.3. The fourth-order valence-corrected chi connectivity index (χ4v) is 5.27. The van der Waals surface area contributed by atoms with Crippen LogP contribution in [0, 0.1) is 0 Å². The normalized spacial score (nSPS) is 11.2. The standard InChI is InChI=1S/C36H41NO6Si/c1-5-6-14-30-21-22-33(36(40)42-25-27-12-8-7-9-13-27)34(38)37(30)43-26-28-17-19-29(20-18-28)31-15-10-11-16-32(31)35(39)41-23-24-44(2,3)4/h7-13,15-22H,5-6,14,23-26H2,1-4H3. The number of ether oxygens (including phenoxy) is 2. The molecule has 7 nitrogen and oxygen atoms in total. The van der Waals surface area contributed by atoms with Crippen molar-refractivity contribution in [1.29, 1.82) is 0 Å². The summed E-state index contributed by atoms with van der Waals surface area (Å²) in [4.78, 5) is 45.1. The second-order valence-corrected chi connectivity index (χ2v) is 17.6. The fourth-order valence-electron chi connectivity index (χ4n) is 4.56. The van der Waals surface area contributed by atoms with E-state index in [0.717, 1.165) is 41.1 Å². The van der Waals surface area contributed by atoms with E-state index < -0.39 is 19.6 Å². The molecule has 0 N–H and O–H groups in total. The quantitative estimate of drug-likeness (QED) is 0.110. The first-order valence-electron chi connectivity index (χ1n) is 15.1. The van der Waals surface area contributed by atoms with Crippen molar-refractivity contribution < 1.29 is 23.9 Å². The minimum atomic E-state index is -1.31. The van der Waals surface area contributed by atoms with Crippen molar-refractivity contribution in [1.82, 2.24) is 4.73 Å². The van der Waals surface area contributed by atoms with Crippen molar-refractivity contribution in [2.24, 2.45) is 0 Å². The van der Waals surface area contributed by atoms with Crippen LogP contribution in [0.5, 0.6) is 0 Å². The summed E-state index contributed by atoms with van der Waals surface area (Å²) in [6.45, 7) is 9.43. The molecule has 44 heavy (non-hydrogen) atoms. The molecule has 0 spiro atoms. The Morgan fingerprint density at radius 2 is 1.39 bits per heavy atom. The summed E-state index contributed by atoms with van der Waals surface area (Å²) in [5.74, 6) is -1.02. The minimum Gasteiger partial charge on any atom is -0.462 e. The van der Waals surface area contributed by atoms with Gasteiger partial charge in [0.15, 0.2) is 0 Å². The second kappa shape index (κ2) is 15.3. The zero-order chi connectivity index (χ0) is 31.5. The molecule has 0 aliphatic rings. The van der Waals surface area contributed by atoms with Gasteiger partial charge < -0.3 is 14.3 Å². The lowest BCUT2D eigenvalue weighted by atomic mass is 9.99. The lowest BCUT2D eigenvalue weighted by Gasteiger charge is -2.16. The van der Waals surface area contributed by atoms with Gasteiger partial charge in [-0.2, -0.15) is 0 Å². The number of nitrogens with zero attached hydrogens (tertiary/aromatic N) is 1.